The van der Waals surface area contributed by atoms with Crippen LogP contribution in [-0.2, 0) is 6.42 Å². The summed E-state index contributed by atoms with van der Waals surface area (Å²) in [7, 11) is 0. The van der Waals surface area contributed by atoms with Gasteiger partial charge in [0.05, 0.1) is 0 Å². The molecule has 2 unspecified atom stereocenters. The van der Waals surface area contributed by atoms with Crippen LogP contribution in [0.2, 0.25) is 0 Å². The molecule has 1 saturated heterocycles. The predicted octanol–water partition coefficient (Wildman–Crippen LogP) is 2.16. The Balaban J connectivity index is 1.35. The van der Waals surface area contributed by atoms with Crippen LogP contribution in [0.1, 0.15) is 12.5 Å². The molecule has 0 aromatic heterocycles. The number of likely N-dealkylation sites (tertiary alicyclic amines) is 1. The Morgan fingerprint density at radius 2 is 1.94 bits per heavy atom. The number of fused-ring (bicyclic) bond motifs is 2. The highest BCUT2D eigenvalue weighted by atomic mass is 16.7. The molecule has 2 atom stereocenters. The Bertz CT molecular complexity index is 462. The van der Waals surface area contributed by atoms with Gasteiger partial charge in [-0.3, -0.25) is 0 Å². The number of piperidine rings is 1. The molecule has 1 aromatic rings. The normalized spacial score (nSPS) is 32.6. The molecule has 0 radical (unpaired) electrons. The number of ether oxygens (including phenoxy) is 2. The highest BCUT2D eigenvalue weighted by molar-refractivity contribution is 5.44. The van der Waals surface area contributed by atoms with Gasteiger partial charge in [-0.1, -0.05) is 13.0 Å². The minimum atomic E-state index is 0.367. The van der Waals surface area contributed by atoms with Crippen molar-refractivity contribution in [1.82, 2.24) is 4.90 Å². The topological polar surface area (TPSA) is 21.7 Å². The molecule has 1 aromatic carbocycles. The molecule has 3 nitrogen and oxygen atoms in total. The van der Waals surface area contributed by atoms with Crippen LogP contribution in [0.3, 0.4) is 0 Å². The summed E-state index contributed by atoms with van der Waals surface area (Å²) in [6, 6.07) is 6.32. The quantitative estimate of drug-likeness (QED) is 0.814. The zero-order chi connectivity index (χ0) is 12.1. The lowest BCUT2D eigenvalue weighted by molar-refractivity contribution is 0.174. The third kappa shape index (κ3) is 1.69. The Morgan fingerprint density at radius 1 is 1.17 bits per heavy atom. The smallest absolute Gasteiger partial charge is 0.231 e. The van der Waals surface area contributed by atoms with Gasteiger partial charge >= 0.3 is 0 Å². The number of rotatable bonds is 3. The van der Waals surface area contributed by atoms with Crippen molar-refractivity contribution in [2.45, 2.75) is 13.3 Å². The molecule has 18 heavy (non-hydrogen) atoms. The lowest BCUT2D eigenvalue weighted by atomic mass is 10.1. The average molecular weight is 245 g/mol. The maximum Gasteiger partial charge on any atom is 0.231 e. The Labute approximate surface area is 108 Å². The van der Waals surface area contributed by atoms with E-state index >= 15 is 0 Å². The molecular formula is C15H19NO2. The van der Waals surface area contributed by atoms with Crippen molar-refractivity contribution in [3.63, 3.8) is 0 Å². The van der Waals surface area contributed by atoms with Gasteiger partial charge in [0.2, 0.25) is 6.79 Å². The zero-order valence-corrected chi connectivity index (χ0v) is 10.8. The summed E-state index contributed by atoms with van der Waals surface area (Å²) >= 11 is 0. The van der Waals surface area contributed by atoms with Crippen molar-refractivity contribution in [3.05, 3.63) is 23.8 Å². The third-order valence-corrected chi connectivity index (χ3v) is 4.85. The maximum atomic E-state index is 5.41. The summed E-state index contributed by atoms with van der Waals surface area (Å²) in [6.45, 7) is 6.57. The van der Waals surface area contributed by atoms with E-state index in [9.17, 15) is 0 Å². The van der Waals surface area contributed by atoms with Gasteiger partial charge < -0.3 is 14.4 Å². The van der Waals surface area contributed by atoms with Gasteiger partial charge in [-0.05, 0) is 41.9 Å². The molecule has 0 spiro atoms. The molecule has 3 aliphatic rings. The van der Waals surface area contributed by atoms with E-state index in [0.717, 1.165) is 35.7 Å². The van der Waals surface area contributed by atoms with E-state index in [1.54, 1.807) is 0 Å². The second-order valence-corrected chi connectivity index (χ2v) is 5.88. The number of nitrogens with zero attached hydrogens (tertiary/aromatic N) is 1. The Morgan fingerprint density at radius 3 is 2.78 bits per heavy atom. The maximum absolute atomic E-state index is 5.41. The van der Waals surface area contributed by atoms with Crippen LogP contribution >= 0.6 is 0 Å². The molecule has 2 heterocycles. The molecule has 3 heteroatoms. The molecule has 2 fully saturated rings. The van der Waals surface area contributed by atoms with Crippen LogP contribution in [0, 0.1) is 17.8 Å². The highest BCUT2D eigenvalue weighted by Crippen LogP contribution is 2.51. The zero-order valence-electron chi connectivity index (χ0n) is 10.8. The van der Waals surface area contributed by atoms with E-state index in [-0.39, 0.29) is 0 Å². The molecule has 0 amide bonds. The van der Waals surface area contributed by atoms with Crippen molar-refractivity contribution in [1.29, 1.82) is 0 Å². The minimum absolute atomic E-state index is 0.367. The summed E-state index contributed by atoms with van der Waals surface area (Å²) in [5.74, 6) is 4.79. The molecule has 96 valence electrons. The first-order chi connectivity index (χ1) is 8.81. The van der Waals surface area contributed by atoms with Gasteiger partial charge in [0.25, 0.3) is 0 Å². The Hall–Kier alpha value is -1.22. The molecule has 1 saturated carbocycles. The van der Waals surface area contributed by atoms with Gasteiger partial charge in [0, 0.05) is 19.6 Å². The summed E-state index contributed by atoms with van der Waals surface area (Å²) < 4.78 is 10.7. The molecular weight excluding hydrogens is 226 g/mol. The van der Waals surface area contributed by atoms with Crippen molar-refractivity contribution in [2.24, 2.45) is 17.8 Å². The molecule has 0 bridgehead atoms. The molecule has 0 N–H and O–H groups in total. The van der Waals surface area contributed by atoms with E-state index in [2.05, 4.69) is 24.0 Å². The van der Waals surface area contributed by atoms with Gasteiger partial charge in [-0.15, -0.1) is 0 Å². The average Bonchev–Trinajstić information content (AvgIpc) is 2.83. The van der Waals surface area contributed by atoms with Crippen molar-refractivity contribution in [3.8, 4) is 11.5 Å². The summed E-state index contributed by atoms with van der Waals surface area (Å²) in [5.41, 5.74) is 1.35. The van der Waals surface area contributed by atoms with Gasteiger partial charge in [0.15, 0.2) is 11.5 Å². The van der Waals surface area contributed by atoms with E-state index in [1.807, 2.05) is 6.07 Å². The van der Waals surface area contributed by atoms with Crippen molar-refractivity contribution in [2.75, 3.05) is 26.4 Å². The first kappa shape index (κ1) is 10.7. The van der Waals surface area contributed by atoms with E-state index in [4.69, 9.17) is 9.47 Å². The van der Waals surface area contributed by atoms with Crippen LogP contribution in [0.15, 0.2) is 18.2 Å². The van der Waals surface area contributed by atoms with E-state index in [1.165, 1.54) is 25.2 Å². The second kappa shape index (κ2) is 3.89. The fourth-order valence-corrected chi connectivity index (χ4v) is 3.48. The molecule has 4 rings (SSSR count). The van der Waals surface area contributed by atoms with Crippen LogP contribution in [0.4, 0.5) is 0 Å². The largest absolute Gasteiger partial charge is 0.454 e. The fourth-order valence-electron chi connectivity index (χ4n) is 3.48. The number of hydrogen-bond acceptors (Lipinski definition) is 3. The first-order valence-electron chi connectivity index (χ1n) is 6.92. The first-order valence-corrected chi connectivity index (χ1v) is 6.92. The van der Waals surface area contributed by atoms with E-state index in [0.29, 0.717) is 6.79 Å². The highest BCUT2D eigenvalue weighted by Gasteiger charge is 2.52. The van der Waals surface area contributed by atoms with Crippen molar-refractivity contribution < 1.29 is 9.47 Å². The van der Waals surface area contributed by atoms with Crippen molar-refractivity contribution >= 4 is 0 Å². The lowest BCUT2D eigenvalue weighted by Gasteiger charge is -2.18. The van der Waals surface area contributed by atoms with Gasteiger partial charge in [-0.25, -0.2) is 0 Å². The van der Waals surface area contributed by atoms with Crippen LogP contribution in [-0.4, -0.2) is 31.3 Å². The predicted molar refractivity (Wildman–Crippen MR) is 68.9 cm³/mol. The van der Waals surface area contributed by atoms with Gasteiger partial charge in [0.1, 0.15) is 0 Å². The summed E-state index contributed by atoms with van der Waals surface area (Å²) in [5, 5.41) is 0. The third-order valence-electron chi connectivity index (χ3n) is 4.85. The summed E-state index contributed by atoms with van der Waals surface area (Å²) in [6.07, 6.45) is 1.12. The lowest BCUT2D eigenvalue weighted by Crippen LogP contribution is -2.26. The number of hydrogen-bond donors (Lipinski definition) is 0. The standard InChI is InChI=1S/C15H19NO2/c1-10-12-7-16(8-13(10)12)5-4-11-2-3-14-15(6-11)18-9-17-14/h2-3,6,10,12-13H,4-5,7-9H2,1H3. The Kier molecular flexibility index (Phi) is 2.31. The van der Waals surface area contributed by atoms with Gasteiger partial charge in [-0.2, -0.15) is 0 Å². The van der Waals surface area contributed by atoms with E-state index < -0.39 is 0 Å². The van der Waals surface area contributed by atoms with Crippen LogP contribution in [0.5, 0.6) is 11.5 Å². The second-order valence-electron chi connectivity index (χ2n) is 5.88. The molecule has 2 aliphatic heterocycles. The van der Waals surface area contributed by atoms with Crippen LogP contribution in [0.25, 0.3) is 0 Å². The summed E-state index contributed by atoms with van der Waals surface area (Å²) in [4.78, 5) is 2.61. The van der Waals surface area contributed by atoms with Crippen LogP contribution < -0.4 is 9.47 Å². The number of benzene rings is 1. The molecule has 1 aliphatic carbocycles. The fraction of sp³-hybridized carbons (Fsp3) is 0.600. The SMILES string of the molecule is CC1C2CN(CCc3ccc4c(c3)OCO4)CC12. The monoisotopic (exact) mass is 245 g/mol. The minimum Gasteiger partial charge on any atom is -0.454 e.